The minimum Gasteiger partial charge on any atom is -0.462 e. The van der Waals surface area contributed by atoms with E-state index in [1.54, 1.807) is 13.8 Å². The van der Waals surface area contributed by atoms with E-state index >= 15 is 0 Å². The summed E-state index contributed by atoms with van der Waals surface area (Å²) >= 11 is 0. The van der Waals surface area contributed by atoms with E-state index in [1.165, 1.54) is 17.0 Å². The summed E-state index contributed by atoms with van der Waals surface area (Å²) in [6, 6.07) is 1.62. The number of ether oxygens (including phenoxy) is 1. The maximum Gasteiger partial charge on any atom is 0.343 e. The van der Waals surface area contributed by atoms with Crippen LogP contribution in [-0.4, -0.2) is 22.3 Å². The number of halogens is 2. The van der Waals surface area contributed by atoms with E-state index in [0.717, 1.165) is 12.1 Å². The molecule has 1 aromatic carbocycles. The van der Waals surface area contributed by atoms with Crippen LogP contribution in [0.15, 0.2) is 33.9 Å². The second-order valence-electron chi connectivity index (χ2n) is 5.07. The molecular formula is C16H12F2N2O4. The molecule has 0 atom stereocenters. The zero-order valence-corrected chi connectivity index (χ0v) is 12.8. The molecule has 0 amide bonds. The van der Waals surface area contributed by atoms with E-state index in [1.807, 2.05) is 0 Å². The topological polar surface area (TPSA) is 74.3 Å². The Morgan fingerprint density at radius 3 is 2.67 bits per heavy atom. The van der Waals surface area contributed by atoms with E-state index in [9.17, 15) is 18.4 Å². The van der Waals surface area contributed by atoms with Gasteiger partial charge in [-0.25, -0.2) is 13.6 Å². The molecule has 0 N–H and O–H groups in total. The zero-order chi connectivity index (χ0) is 17.4. The molecule has 6 nitrogen and oxygen atoms in total. The smallest absolute Gasteiger partial charge is 0.343 e. The lowest BCUT2D eigenvalue weighted by atomic mass is 10.1. The van der Waals surface area contributed by atoms with Crippen LogP contribution < -0.4 is 5.43 Å². The number of aromatic nitrogens is 2. The normalized spacial score (nSPS) is 11.0. The Hall–Kier alpha value is -3.03. The number of carbonyl (C=O) groups is 1. The summed E-state index contributed by atoms with van der Waals surface area (Å²) in [7, 11) is 0. The number of fused-ring (bicyclic) bond motifs is 1. The number of aryl methyl sites for hydroxylation is 1. The van der Waals surface area contributed by atoms with Crippen LogP contribution in [0.1, 0.15) is 22.8 Å². The molecule has 0 aliphatic carbocycles. The number of nitrogens with zero attached hydrogens (tertiary/aromatic N) is 2. The predicted molar refractivity (Wildman–Crippen MR) is 80.2 cm³/mol. The van der Waals surface area contributed by atoms with Crippen molar-refractivity contribution in [3.05, 3.63) is 57.6 Å². The molecule has 124 valence electrons. The molecule has 0 saturated carbocycles. The molecule has 0 unspecified atom stereocenters. The Labute approximate surface area is 134 Å². The third-order valence-electron chi connectivity index (χ3n) is 3.49. The van der Waals surface area contributed by atoms with E-state index in [4.69, 9.17) is 9.26 Å². The molecule has 0 aliphatic heterocycles. The van der Waals surface area contributed by atoms with Crippen LogP contribution in [0.3, 0.4) is 0 Å². The quantitative estimate of drug-likeness (QED) is 0.689. The highest BCUT2D eigenvalue weighted by Crippen LogP contribution is 2.22. The van der Waals surface area contributed by atoms with Gasteiger partial charge in [0.25, 0.3) is 0 Å². The van der Waals surface area contributed by atoms with Gasteiger partial charge in [-0.2, -0.15) is 0 Å². The van der Waals surface area contributed by atoms with E-state index in [2.05, 4.69) is 5.16 Å². The van der Waals surface area contributed by atoms with Gasteiger partial charge in [0.15, 0.2) is 17.5 Å². The molecule has 2 aromatic heterocycles. The number of hydrogen-bond acceptors (Lipinski definition) is 5. The van der Waals surface area contributed by atoms with Gasteiger partial charge in [-0.3, -0.25) is 9.36 Å². The highest BCUT2D eigenvalue weighted by molar-refractivity contribution is 5.94. The van der Waals surface area contributed by atoms with Gasteiger partial charge < -0.3 is 9.26 Å². The van der Waals surface area contributed by atoms with Crippen LogP contribution in [0.4, 0.5) is 8.78 Å². The largest absolute Gasteiger partial charge is 0.462 e. The molecular weight excluding hydrogens is 322 g/mol. The Morgan fingerprint density at radius 1 is 1.33 bits per heavy atom. The second-order valence-corrected chi connectivity index (χ2v) is 5.07. The molecule has 3 aromatic rings. The number of rotatable bonds is 3. The number of pyridine rings is 1. The maximum atomic E-state index is 13.7. The molecule has 8 heteroatoms. The fraction of sp³-hybridized carbons (Fsp3) is 0.188. The minimum atomic E-state index is -1.19. The molecule has 0 aliphatic rings. The highest BCUT2D eigenvalue weighted by atomic mass is 19.2. The standard InChI is InChI=1S/C16H12F2N2O4/c1-3-23-16(22)10-6-20(15-8(2)7-24-19-15)13-5-12(18)11(17)4-9(13)14(10)21/h4-7H,3H2,1-2H3. The third-order valence-corrected chi connectivity index (χ3v) is 3.49. The van der Waals surface area contributed by atoms with Crippen molar-refractivity contribution in [2.75, 3.05) is 6.61 Å². The van der Waals surface area contributed by atoms with Gasteiger partial charge in [-0.15, -0.1) is 0 Å². The first kappa shape index (κ1) is 15.9. The molecule has 2 heterocycles. The number of benzene rings is 1. The zero-order valence-electron chi connectivity index (χ0n) is 12.8. The van der Waals surface area contributed by atoms with Gasteiger partial charge in [0.05, 0.1) is 17.5 Å². The van der Waals surface area contributed by atoms with Gasteiger partial charge in [0.2, 0.25) is 5.43 Å². The lowest BCUT2D eigenvalue weighted by Gasteiger charge is -2.11. The lowest BCUT2D eigenvalue weighted by Crippen LogP contribution is -2.21. The first-order valence-electron chi connectivity index (χ1n) is 7.07. The number of esters is 1. The average Bonchev–Trinajstić information content (AvgIpc) is 2.96. The van der Waals surface area contributed by atoms with Crippen LogP contribution >= 0.6 is 0 Å². The van der Waals surface area contributed by atoms with Crippen molar-refractivity contribution in [1.29, 1.82) is 0 Å². The fourth-order valence-corrected chi connectivity index (χ4v) is 2.36. The van der Waals surface area contributed by atoms with Gasteiger partial charge in [-0.05, 0) is 19.9 Å². The maximum absolute atomic E-state index is 13.7. The summed E-state index contributed by atoms with van der Waals surface area (Å²) in [6.45, 7) is 3.34. The van der Waals surface area contributed by atoms with Crippen molar-refractivity contribution in [3.63, 3.8) is 0 Å². The SMILES string of the molecule is CCOC(=O)c1cn(-c2nocc2C)c2cc(F)c(F)cc2c1=O. The van der Waals surface area contributed by atoms with E-state index < -0.39 is 23.0 Å². The number of carbonyl (C=O) groups excluding carboxylic acids is 1. The molecule has 0 radical (unpaired) electrons. The second kappa shape index (κ2) is 5.88. The Morgan fingerprint density at radius 2 is 2.04 bits per heavy atom. The van der Waals surface area contributed by atoms with Crippen LogP contribution in [-0.2, 0) is 4.74 Å². The van der Waals surface area contributed by atoms with Gasteiger partial charge >= 0.3 is 5.97 Å². The monoisotopic (exact) mass is 334 g/mol. The molecule has 24 heavy (non-hydrogen) atoms. The van der Waals surface area contributed by atoms with Crippen LogP contribution in [0.25, 0.3) is 16.7 Å². The van der Waals surface area contributed by atoms with Crippen molar-refractivity contribution in [2.45, 2.75) is 13.8 Å². The van der Waals surface area contributed by atoms with Crippen molar-refractivity contribution in [2.24, 2.45) is 0 Å². The number of hydrogen-bond donors (Lipinski definition) is 0. The van der Waals surface area contributed by atoms with Crippen molar-refractivity contribution < 1.29 is 22.8 Å². The van der Waals surface area contributed by atoms with Crippen molar-refractivity contribution in [1.82, 2.24) is 9.72 Å². The third kappa shape index (κ3) is 2.45. The van der Waals surface area contributed by atoms with Crippen LogP contribution in [0, 0.1) is 18.6 Å². The van der Waals surface area contributed by atoms with Crippen molar-refractivity contribution in [3.8, 4) is 5.82 Å². The molecule has 0 fully saturated rings. The summed E-state index contributed by atoms with van der Waals surface area (Å²) in [4.78, 5) is 24.5. The summed E-state index contributed by atoms with van der Waals surface area (Å²) < 4.78 is 38.2. The molecule has 0 bridgehead atoms. The summed E-state index contributed by atoms with van der Waals surface area (Å²) in [6.07, 6.45) is 2.54. The van der Waals surface area contributed by atoms with Gasteiger partial charge in [0, 0.05) is 17.8 Å². The Balaban J connectivity index is 2.43. The minimum absolute atomic E-state index is 0.0592. The van der Waals surface area contributed by atoms with Gasteiger partial charge in [-0.1, -0.05) is 5.16 Å². The molecule has 3 rings (SSSR count). The molecule has 0 spiro atoms. The van der Waals surface area contributed by atoms with Crippen LogP contribution in [0.5, 0.6) is 0 Å². The predicted octanol–water partition coefficient (Wildman–Crippen LogP) is 2.74. The summed E-state index contributed by atoms with van der Waals surface area (Å²) in [5, 5.41) is 3.62. The Kier molecular flexibility index (Phi) is 3.88. The Bertz CT molecular complexity index is 1010. The van der Waals surface area contributed by atoms with E-state index in [0.29, 0.717) is 5.56 Å². The fourth-order valence-electron chi connectivity index (χ4n) is 2.36. The summed E-state index contributed by atoms with van der Waals surface area (Å²) in [5.41, 5.74) is -0.416. The van der Waals surface area contributed by atoms with Crippen LogP contribution in [0.2, 0.25) is 0 Å². The van der Waals surface area contributed by atoms with E-state index in [-0.39, 0.29) is 28.9 Å². The van der Waals surface area contributed by atoms with Crippen molar-refractivity contribution >= 4 is 16.9 Å². The summed E-state index contributed by atoms with van der Waals surface area (Å²) in [5.74, 6) is -2.93. The first-order chi connectivity index (χ1) is 11.4. The molecule has 0 saturated heterocycles. The lowest BCUT2D eigenvalue weighted by molar-refractivity contribution is 0.0524. The first-order valence-corrected chi connectivity index (χ1v) is 7.07. The highest BCUT2D eigenvalue weighted by Gasteiger charge is 2.20. The average molecular weight is 334 g/mol. The van der Waals surface area contributed by atoms with Gasteiger partial charge in [0.1, 0.15) is 11.8 Å².